The van der Waals surface area contributed by atoms with Gasteiger partial charge in [-0.05, 0) is 5.56 Å². The molecule has 1 amide bonds. The molecule has 1 atom stereocenters. The number of hydrogen-bond donors (Lipinski definition) is 1. The predicted octanol–water partition coefficient (Wildman–Crippen LogP) is 1.59. The van der Waals surface area contributed by atoms with Crippen LogP contribution in [-0.2, 0) is 25.6 Å². The first-order chi connectivity index (χ1) is 9.46. The summed E-state index contributed by atoms with van der Waals surface area (Å²) in [5, 5.41) is 2.48. The summed E-state index contributed by atoms with van der Waals surface area (Å²) in [6, 6.07) is 9.32. The smallest absolute Gasteiger partial charge is 0.407 e. The summed E-state index contributed by atoms with van der Waals surface area (Å²) in [6.07, 6.45) is -1.40. The Bertz CT molecular complexity index is 486. The second-order valence-electron chi connectivity index (χ2n) is 4.87. The van der Waals surface area contributed by atoms with Crippen LogP contribution in [0.25, 0.3) is 0 Å². The van der Waals surface area contributed by atoms with Crippen molar-refractivity contribution in [2.24, 2.45) is 0 Å². The van der Waals surface area contributed by atoms with Gasteiger partial charge in [0.25, 0.3) is 0 Å². The lowest BCUT2D eigenvalue weighted by molar-refractivity contribution is -0.160. The van der Waals surface area contributed by atoms with Gasteiger partial charge in [-0.3, -0.25) is 0 Å². The van der Waals surface area contributed by atoms with E-state index in [1.54, 1.807) is 13.8 Å². The number of hydrogen-bond acceptors (Lipinski definition) is 5. The molecule has 1 aliphatic rings. The lowest BCUT2D eigenvalue weighted by Gasteiger charge is -2.15. The first-order valence-corrected chi connectivity index (χ1v) is 6.31. The molecule has 0 saturated carbocycles. The molecular weight excluding hydrogens is 262 g/mol. The van der Waals surface area contributed by atoms with Crippen LogP contribution >= 0.6 is 0 Å². The fourth-order valence-corrected chi connectivity index (χ4v) is 1.80. The number of benzene rings is 1. The standard InChI is InChI=1S/C14H17NO5/c1-14(2)19-11(12(16)20-14)8-15-13(17)18-9-10-6-4-3-5-7-10/h3-7,11H,8-9H2,1-2H3,(H,15,17)/t11-/m0/s1. The zero-order valence-corrected chi connectivity index (χ0v) is 11.4. The summed E-state index contributed by atoms with van der Waals surface area (Å²) in [4.78, 5) is 22.9. The van der Waals surface area contributed by atoms with Gasteiger partial charge in [-0.2, -0.15) is 0 Å². The van der Waals surface area contributed by atoms with E-state index in [1.807, 2.05) is 30.3 Å². The number of carbonyl (C=O) groups excluding carboxylic acids is 2. The highest BCUT2D eigenvalue weighted by molar-refractivity contribution is 5.78. The van der Waals surface area contributed by atoms with E-state index < -0.39 is 24.0 Å². The summed E-state index contributed by atoms with van der Waals surface area (Å²) in [7, 11) is 0. The van der Waals surface area contributed by atoms with Gasteiger partial charge in [-0.15, -0.1) is 0 Å². The normalized spacial score (nSPS) is 20.3. The van der Waals surface area contributed by atoms with E-state index in [0.717, 1.165) is 5.56 Å². The molecule has 0 radical (unpaired) electrons. The Labute approximate surface area is 117 Å². The van der Waals surface area contributed by atoms with Crippen LogP contribution in [0, 0.1) is 0 Å². The summed E-state index contributed by atoms with van der Waals surface area (Å²) >= 11 is 0. The maximum Gasteiger partial charge on any atom is 0.407 e. The molecule has 1 fully saturated rings. The number of nitrogens with one attached hydrogen (secondary N) is 1. The number of amides is 1. The van der Waals surface area contributed by atoms with E-state index in [0.29, 0.717) is 0 Å². The minimum Gasteiger partial charge on any atom is -0.445 e. The summed E-state index contributed by atoms with van der Waals surface area (Å²) in [5.41, 5.74) is 0.889. The molecule has 0 bridgehead atoms. The number of carbonyl (C=O) groups is 2. The van der Waals surface area contributed by atoms with Crippen molar-refractivity contribution >= 4 is 12.1 Å². The van der Waals surface area contributed by atoms with Gasteiger partial charge in [0.15, 0.2) is 6.10 Å². The van der Waals surface area contributed by atoms with Crippen LogP contribution in [0.3, 0.4) is 0 Å². The Kier molecular flexibility index (Phi) is 4.24. The quantitative estimate of drug-likeness (QED) is 0.847. The van der Waals surface area contributed by atoms with Crippen molar-refractivity contribution in [3.63, 3.8) is 0 Å². The molecule has 6 nitrogen and oxygen atoms in total. The lowest BCUT2D eigenvalue weighted by atomic mass is 10.2. The number of alkyl carbamates (subject to hydrolysis) is 1. The van der Waals surface area contributed by atoms with Gasteiger partial charge >= 0.3 is 12.1 Å². The minimum atomic E-state index is -0.947. The molecule has 6 heteroatoms. The van der Waals surface area contributed by atoms with Crippen LogP contribution in [-0.4, -0.2) is 30.5 Å². The minimum absolute atomic E-state index is 0.0237. The fraction of sp³-hybridized carbons (Fsp3) is 0.429. The average molecular weight is 279 g/mol. The zero-order valence-electron chi connectivity index (χ0n) is 11.4. The third-order valence-corrected chi connectivity index (χ3v) is 2.68. The Morgan fingerprint density at radius 1 is 1.35 bits per heavy atom. The van der Waals surface area contributed by atoms with Crippen molar-refractivity contribution in [2.45, 2.75) is 32.3 Å². The number of ether oxygens (including phenoxy) is 3. The van der Waals surface area contributed by atoms with Crippen molar-refractivity contribution in [1.82, 2.24) is 5.32 Å². The fourth-order valence-electron chi connectivity index (χ4n) is 1.80. The Morgan fingerprint density at radius 2 is 2.05 bits per heavy atom. The highest BCUT2D eigenvalue weighted by Crippen LogP contribution is 2.22. The molecule has 1 N–H and O–H groups in total. The summed E-state index contributed by atoms with van der Waals surface area (Å²) in [5.74, 6) is -1.43. The van der Waals surface area contributed by atoms with E-state index in [1.165, 1.54) is 0 Å². The first-order valence-electron chi connectivity index (χ1n) is 6.31. The third-order valence-electron chi connectivity index (χ3n) is 2.68. The summed E-state index contributed by atoms with van der Waals surface area (Å²) in [6.45, 7) is 3.47. The van der Waals surface area contributed by atoms with Gasteiger partial charge in [0.05, 0.1) is 6.54 Å². The highest BCUT2D eigenvalue weighted by atomic mass is 16.8. The predicted molar refractivity (Wildman–Crippen MR) is 69.7 cm³/mol. The number of cyclic esters (lactones) is 1. The molecular formula is C14H17NO5. The Morgan fingerprint density at radius 3 is 2.65 bits per heavy atom. The van der Waals surface area contributed by atoms with Crippen molar-refractivity contribution in [3.8, 4) is 0 Å². The Hall–Kier alpha value is -2.08. The van der Waals surface area contributed by atoms with Gasteiger partial charge in [0.2, 0.25) is 5.79 Å². The van der Waals surface area contributed by atoms with Gasteiger partial charge in [0.1, 0.15) is 6.61 Å². The lowest BCUT2D eigenvalue weighted by Crippen LogP contribution is -2.36. The third kappa shape index (κ3) is 3.96. The molecule has 108 valence electrons. The molecule has 0 aromatic heterocycles. The average Bonchev–Trinajstić information content (AvgIpc) is 2.68. The topological polar surface area (TPSA) is 73.9 Å². The maximum atomic E-state index is 11.5. The van der Waals surface area contributed by atoms with Crippen LogP contribution in [0.4, 0.5) is 4.79 Å². The molecule has 1 aromatic carbocycles. The second-order valence-corrected chi connectivity index (χ2v) is 4.87. The van der Waals surface area contributed by atoms with Gasteiger partial charge in [-0.25, -0.2) is 9.59 Å². The van der Waals surface area contributed by atoms with E-state index in [2.05, 4.69) is 5.32 Å². The van der Waals surface area contributed by atoms with Gasteiger partial charge < -0.3 is 19.5 Å². The molecule has 20 heavy (non-hydrogen) atoms. The maximum absolute atomic E-state index is 11.5. The van der Waals surface area contributed by atoms with E-state index in [9.17, 15) is 9.59 Å². The number of esters is 1. The molecule has 1 aromatic rings. The van der Waals surface area contributed by atoms with Crippen LogP contribution in [0.2, 0.25) is 0 Å². The molecule has 1 aliphatic heterocycles. The summed E-state index contributed by atoms with van der Waals surface area (Å²) < 4.78 is 15.3. The first kappa shape index (κ1) is 14.3. The Balaban J connectivity index is 1.72. The van der Waals surface area contributed by atoms with Crippen molar-refractivity contribution in [1.29, 1.82) is 0 Å². The molecule has 0 spiro atoms. The van der Waals surface area contributed by atoms with E-state index in [-0.39, 0.29) is 13.2 Å². The molecule has 2 rings (SSSR count). The monoisotopic (exact) mass is 279 g/mol. The van der Waals surface area contributed by atoms with E-state index in [4.69, 9.17) is 14.2 Å². The van der Waals surface area contributed by atoms with Crippen molar-refractivity contribution < 1.29 is 23.8 Å². The SMILES string of the molecule is CC1(C)OC(=O)[C@H](CNC(=O)OCc2ccccc2)O1. The van der Waals surface area contributed by atoms with Crippen molar-refractivity contribution in [2.75, 3.05) is 6.54 Å². The molecule has 0 aliphatic carbocycles. The van der Waals surface area contributed by atoms with Crippen LogP contribution in [0.15, 0.2) is 30.3 Å². The molecule has 0 unspecified atom stereocenters. The highest BCUT2D eigenvalue weighted by Gasteiger charge is 2.41. The second kappa shape index (κ2) is 5.92. The van der Waals surface area contributed by atoms with Crippen molar-refractivity contribution in [3.05, 3.63) is 35.9 Å². The van der Waals surface area contributed by atoms with Crippen LogP contribution < -0.4 is 5.32 Å². The largest absolute Gasteiger partial charge is 0.445 e. The van der Waals surface area contributed by atoms with Gasteiger partial charge in [0, 0.05) is 13.8 Å². The molecule has 1 saturated heterocycles. The zero-order chi connectivity index (χ0) is 14.6. The number of rotatable bonds is 4. The van der Waals surface area contributed by atoms with E-state index >= 15 is 0 Å². The van der Waals surface area contributed by atoms with Crippen LogP contribution in [0.1, 0.15) is 19.4 Å². The molecule has 1 heterocycles. The van der Waals surface area contributed by atoms with Gasteiger partial charge in [-0.1, -0.05) is 30.3 Å². The van der Waals surface area contributed by atoms with Crippen LogP contribution in [0.5, 0.6) is 0 Å².